The lowest BCUT2D eigenvalue weighted by Gasteiger charge is -2.47. The van der Waals surface area contributed by atoms with E-state index in [0.29, 0.717) is 22.5 Å². The van der Waals surface area contributed by atoms with Gasteiger partial charge in [-0.3, -0.25) is 24.2 Å². The van der Waals surface area contributed by atoms with E-state index in [1.165, 1.54) is 4.90 Å². The molecule has 1 unspecified atom stereocenters. The Bertz CT molecular complexity index is 1450. The average molecular weight is 584 g/mol. The standard InChI is InChI=1S/C33H37N5O5/c34-26-13-16-36(17-14-26)27-20-35(21-27)15-5-4-6-23-9-10-28-25(18-23)19-37(31(28)40)29-11-12-30(39)38(32(29)41)33(42)43-22-24-7-2-1-3-8-24/h1-3,7-10,18,26-27,29H,5,11-17,19-22,34H2. The Balaban J connectivity index is 1.01. The molecule has 3 fully saturated rings. The van der Waals surface area contributed by atoms with Crippen molar-refractivity contribution in [1.82, 2.24) is 19.6 Å². The summed E-state index contributed by atoms with van der Waals surface area (Å²) in [6.45, 7) is 5.46. The zero-order valence-corrected chi connectivity index (χ0v) is 24.2. The summed E-state index contributed by atoms with van der Waals surface area (Å²) in [5.41, 5.74) is 8.88. The van der Waals surface area contributed by atoms with Gasteiger partial charge in [0.15, 0.2) is 0 Å². The number of nitrogens with two attached hydrogens (primary N) is 1. The number of amides is 4. The van der Waals surface area contributed by atoms with Crippen molar-refractivity contribution < 1.29 is 23.9 Å². The van der Waals surface area contributed by atoms with Crippen molar-refractivity contribution in [2.45, 2.75) is 63.4 Å². The summed E-state index contributed by atoms with van der Waals surface area (Å²) in [5, 5.41) is 0. The van der Waals surface area contributed by atoms with Crippen molar-refractivity contribution in [3.8, 4) is 11.8 Å². The van der Waals surface area contributed by atoms with Crippen LogP contribution in [-0.2, 0) is 27.5 Å². The number of hydrogen-bond acceptors (Lipinski definition) is 8. The molecule has 6 rings (SSSR count). The van der Waals surface area contributed by atoms with E-state index in [9.17, 15) is 19.2 Å². The maximum atomic E-state index is 13.3. The van der Waals surface area contributed by atoms with E-state index in [-0.39, 0.29) is 31.9 Å². The summed E-state index contributed by atoms with van der Waals surface area (Å²) >= 11 is 0. The molecule has 4 aliphatic heterocycles. The highest BCUT2D eigenvalue weighted by Gasteiger charge is 2.45. The number of benzene rings is 2. The summed E-state index contributed by atoms with van der Waals surface area (Å²) in [4.78, 5) is 58.8. The lowest BCUT2D eigenvalue weighted by atomic mass is 10.00. The molecule has 0 saturated carbocycles. The van der Waals surface area contributed by atoms with E-state index in [1.807, 2.05) is 18.2 Å². The van der Waals surface area contributed by atoms with Crippen molar-refractivity contribution in [2.75, 3.05) is 32.7 Å². The van der Waals surface area contributed by atoms with Crippen LogP contribution in [-0.4, -0.2) is 94.3 Å². The zero-order valence-electron chi connectivity index (χ0n) is 24.2. The predicted molar refractivity (Wildman–Crippen MR) is 158 cm³/mol. The summed E-state index contributed by atoms with van der Waals surface area (Å²) < 4.78 is 5.25. The minimum absolute atomic E-state index is 0.0301. The van der Waals surface area contributed by atoms with Gasteiger partial charge in [0.2, 0.25) is 5.91 Å². The van der Waals surface area contributed by atoms with Gasteiger partial charge in [-0.15, -0.1) is 0 Å². The highest BCUT2D eigenvalue weighted by atomic mass is 16.6. The molecule has 3 saturated heterocycles. The molecule has 224 valence electrons. The number of rotatable bonds is 6. The van der Waals surface area contributed by atoms with Crippen LogP contribution < -0.4 is 5.73 Å². The third-order valence-corrected chi connectivity index (χ3v) is 8.90. The number of carbonyl (C=O) groups is 4. The fraction of sp³-hybridized carbons (Fsp3) is 0.455. The predicted octanol–water partition coefficient (Wildman–Crippen LogP) is 2.35. The highest BCUT2D eigenvalue weighted by Crippen LogP contribution is 2.30. The minimum Gasteiger partial charge on any atom is -0.444 e. The molecule has 10 heteroatoms. The lowest BCUT2D eigenvalue weighted by Crippen LogP contribution is -2.61. The molecule has 10 nitrogen and oxygen atoms in total. The molecular formula is C33H37N5O5. The van der Waals surface area contributed by atoms with Crippen LogP contribution in [0, 0.1) is 11.8 Å². The van der Waals surface area contributed by atoms with Crippen LogP contribution in [0.4, 0.5) is 4.79 Å². The Hall–Kier alpha value is -4.04. The van der Waals surface area contributed by atoms with E-state index >= 15 is 0 Å². The van der Waals surface area contributed by atoms with Crippen molar-refractivity contribution in [1.29, 1.82) is 0 Å². The van der Waals surface area contributed by atoms with Gasteiger partial charge in [-0.2, -0.15) is 4.90 Å². The summed E-state index contributed by atoms with van der Waals surface area (Å²) in [6.07, 6.45) is 2.05. The van der Waals surface area contributed by atoms with Gasteiger partial charge in [-0.25, -0.2) is 4.79 Å². The Kier molecular flexibility index (Phi) is 8.56. The molecule has 43 heavy (non-hydrogen) atoms. The number of hydrogen-bond donors (Lipinski definition) is 1. The molecule has 0 spiro atoms. The van der Waals surface area contributed by atoms with E-state index in [0.717, 1.165) is 68.7 Å². The van der Waals surface area contributed by atoms with Crippen LogP contribution >= 0.6 is 0 Å². The van der Waals surface area contributed by atoms with Gasteiger partial charge in [-0.1, -0.05) is 42.2 Å². The molecule has 4 heterocycles. The largest absolute Gasteiger partial charge is 0.444 e. The van der Waals surface area contributed by atoms with Crippen LogP contribution in [0.1, 0.15) is 59.2 Å². The molecule has 0 bridgehead atoms. The normalized spacial score (nSPS) is 21.8. The van der Waals surface area contributed by atoms with E-state index in [2.05, 4.69) is 21.6 Å². The molecule has 2 N–H and O–H groups in total. The van der Waals surface area contributed by atoms with Gasteiger partial charge >= 0.3 is 6.09 Å². The first-order chi connectivity index (χ1) is 20.9. The Morgan fingerprint density at radius 3 is 2.53 bits per heavy atom. The summed E-state index contributed by atoms with van der Waals surface area (Å²) in [6, 6.07) is 14.6. The smallest absolute Gasteiger partial charge is 0.423 e. The van der Waals surface area contributed by atoms with Gasteiger partial charge in [0.05, 0.1) is 0 Å². The van der Waals surface area contributed by atoms with Crippen LogP contribution in [0.25, 0.3) is 0 Å². The van der Waals surface area contributed by atoms with Gasteiger partial charge in [0, 0.05) is 75.3 Å². The molecule has 4 aliphatic rings. The first-order valence-electron chi connectivity index (χ1n) is 15.1. The first-order valence-corrected chi connectivity index (χ1v) is 15.1. The topological polar surface area (TPSA) is 116 Å². The number of fused-ring (bicyclic) bond motifs is 1. The maximum Gasteiger partial charge on any atom is 0.423 e. The van der Waals surface area contributed by atoms with Gasteiger partial charge in [0.1, 0.15) is 12.6 Å². The second-order valence-corrected chi connectivity index (χ2v) is 11.8. The number of likely N-dealkylation sites (tertiary alicyclic amines) is 3. The van der Waals surface area contributed by atoms with Crippen molar-refractivity contribution in [3.05, 3.63) is 70.8 Å². The molecule has 0 aliphatic carbocycles. The van der Waals surface area contributed by atoms with Gasteiger partial charge in [-0.05, 0) is 48.6 Å². The molecular weight excluding hydrogens is 546 g/mol. The summed E-state index contributed by atoms with van der Waals surface area (Å²) in [5.74, 6) is 4.84. The third-order valence-electron chi connectivity index (χ3n) is 8.90. The van der Waals surface area contributed by atoms with Crippen molar-refractivity contribution in [3.63, 3.8) is 0 Å². The Labute approximate surface area is 251 Å². The number of nitrogens with zero attached hydrogens (tertiary/aromatic N) is 4. The molecule has 0 aromatic heterocycles. The van der Waals surface area contributed by atoms with Crippen LogP contribution in [0.3, 0.4) is 0 Å². The highest BCUT2D eigenvalue weighted by molar-refractivity contribution is 6.13. The second kappa shape index (κ2) is 12.7. The quantitative estimate of drug-likeness (QED) is 0.407. The van der Waals surface area contributed by atoms with Gasteiger partial charge < -0.3 is 15.4 Å². The van der Waals surface area contributed by atoms with E-state index in [4.69, 9.17) is 10.5 Å². The molecule has 2 aromatic carbocycles. The SMILES string of the molecule is NC1CCN(C2CN(CCC#Cc3ccc4c(c3)CN(C3CCC(=O)N(C(=O)OCc5ccccc5)C3=O)C4=O)C2)CC1. The third kappa shape index (κ3) is 6.34. The minimum atomic E-state index is -1.02. The number of ether oxygens (including phenoxy) is 1. The first kappa shape index (κ1) is 29.1. The second-order valence-electron chi connectivity index (χ2n) is 11.8. The monoisotopic (exact) mass is 583 g/mol. The number of imide groups is 3. The van der Waals surface area contributed by atoms with Crippen LogP contribution in [0.5, 0.6) is 0 Å². The lowest BCUT2D eigenvalue weighted by molar-refractivity contribution is -0.149. The molecule has 1 atom stereocenters. The van der Waals surface area contributed by atoms with Crippen LogP contribution in [0.2, 0.25) is 0 Å². The van der Waals surface area contributed by atoms with Gasteiger partial charge in [0.25, 0.3) is 11.8 Å². The summed E-state index contributed by atoms with van der Waals surface area (Å²) in [7, 11) is 0. The Morgan fingerprint density at radius 1 is 1.00 bits per heavy atom. The molecule has 0 radical (unpaired) electrons. The Morgan fingerprint density at radius 2 is 1.77 bits per heavy atom. The fourth-order valence-corrected chi connectivity index (χ4v) is 6.32. The zero-order chi connectivity index (χ0) is 29.9. The average Bonchev–Trinajstić information content (AvgIpc) is 3.31. The fourth-order valence-electron chi connectivity index (χ4n) is 6.32. The van der Waals surface area contributed by atoms with Crippen LogP contribution in [0.15, 0.2) is 48.5 Å². The van der Waals surface area contributed by atoms with Crippen molar-refractivity contribution in [2.24, 2.45) is 5.73 Å². The molecule has 4 amide bonds. The van der Waals surface area contributed by atoms with E-state index < -0.39 is 23.9 Å². The molecule has 2 aromatic rings. The number of carbonyl (C=O) groups excluding carboxylic acids is 4. The maximum absolute atomic E-state index is 13.3. The number of piperidine rings is 2. The van der Waals surface area contributed by atoms with Crippen molar-refractivity contribution >= 4 is 23.8 Å². The van der Waals surface area contributed by atoms with E-state index in [1.54, 1.807) is 30.3 Å².